The number of nitrogens with zero attached hydrogens (tertiary/aromatic N) is 1. The van der Waals surface area contributed by atoms with Crippen LogP contribution in [0.15, 0.2) is 48.5 Å². The largest absolute Gasteiger partial charge is 0.493 e. The summed E-state index contributed by atoms with van der Waals surface area (Å²) in [5.41, 5.74) is 1.11. The van der Waals surface area contributed by atoms with Crippen molar-refractivity contribution in [3.05, 3.63) is 54.1 Å². The Morgan fingerprint density at radius 2 is 1.72 bits per heavy atom. The lowest BCUT2D eigenvalue weighted by Crippen LogP contribution is -2.41. The van der Waals surface area contributed by atoms with Crippen molar-refractivity contribution in [1.29, 1.82) is 0 Å². The molecule has 0 aliphatic carbocycles. The van der Waals surface area contributed by atoms with E-state index in [0.29, 0.717) is 23.8 Å². The van der Waals surface area contributed by atoms with Crippen molar-refractivity contribution in [3.8, 4) is 17.2 Å². The van der Waals surface area contributed by atoms with Crippen LogP contribution in [0.2, 0.25) is 0 Å². The number of methoxy groups -OCH3 is 2. The maximum Gasteiger partial charge on any atom is 0.258 e. The van der Waals surface area contributed by atoms with Gasteiger partial charge in [0.1, 0.15) is 5.75 Å². The molecule has 6 nitrogen and oxygen atoms in total. The maximum atomic E-state index is 12.4. The van der Waals surface area contributed by atoms with Gasteiger partial charge in [0.2, 0.25) is 0 Å². The van der Waals surface area contributed by atoms with Gasteiger partial charge in [0.15, 0.2) is 18.1 Å². The summed E-state index contributed by atoms with van der Waals surface area (Å²) in [7, 11) is 3.27. The Labute approximate surface area is 172 Å². The number of ether oxygens (including phenoxy) is 3. The molecule has 1 heterocycles. The number of carbonyl (C=O) groups excluding carboxylic acids is 1. The van der Waals surface area contributed by atoms with Gasteiger partial charge in [-0.05, 0) is 55.8 Å². The highest BCUT2D eigenvalue weighted by Crippen LogP contribution is 2.32. The minimum absolute atomic E-state index is 0.00265. The SMILES string of the molecule is COc1ccc(C(CNC(=O)COc2ccccc2)N2CCCCC2)cc1OC. The molecule has 2 aromatic rings. The number of carbonyl (C=O) groups is 1. The summed E-state index contributed by atoms with van der Waals surface area (Å²) in [5.74, 6) is 1.96. The molecule has 1 unspecified atom stereocenters. The molecule has 1 aliphatic heterocycles. The fraction of sp³-hybridized carbons (Fsp3) is 0.435. The quantitative estimate of drug-likeness (QED) is 0.701. The first-order valence-electron chi connectivity index (χ1n) is 10.1. The molecule has 0 spiro atoms. The van der Waals surface area contributed by atoms with Crippen LogP contribution in [0.4, 0.5) is 0 Å². The molecule has 156 valence electrons. The minimum Gasteiger partial charge on any atom is -0.493 e. The van der Waals surface area contributed by atoms with Crippen LogP contribution in [0.3, 0.4) is 0 Å². The number of piperidine rings is 1. The van der Waals surface area contributed by atoms with E-state index in [1.165, 1.54) is 19.3 Å². The molecule has 0 radical (unpaired) electrons. The van der Waals surface area contributed by atoms with E-state index in [4.69, 9.17) is 14.2 Å². The van der Waals surface area contributed by atoms with Crippen molar-refractivity contribution in [1.82, 2.24) is 10.2 Å². The normalized spacial score (nSPS) is 15.4. The first-order valence-corrected chi connectivity index (χ1v) is 10.1. The highest BCUT2D eigenvalue weighted by molar-refractivity contribution is 5.77. The predicted octanol–water partition coefficient (Wildman–Crippen LogP) is 3.43. The Morgan fingerprint density at radius 3 is 2.41 bits per heavy atom. The average molecular weight is 399 g/mol. The summed E-state index contributed by atoms with van der Waals surface area (Å²) in [6.45, 7) is 2.57. The number of para-hydroxylation sites is 1. The Morgan fingerprint density at radius 1 is 1.00 bits per heavy atom. The first-order chi connectivity index (χ1) is 14.2. The molecule has 1 fully saturated rings. The van der Waals surface area contributed by atoms with E-state index in [1.54, 1.807) is 14.2 Å². The topological polar surface area (TPSA) is 60.0 Å². The second-order valence-electron chi connectivity index (χ2n) is 7.13. The van der Waals surface area contributed by atoms with E-state index < -0.39 is 0 Å². The van der Waals surface area contributed by atoms with E-state index in [1.807, 2.05) is 48.5 Å². The van der Waals surface area contributed by atoms with Gasteiger partial charge in [-0.1, -0.05) is 30.7 Å². The van der Waals surface area contributed by atoms with Crippen LogP contribution in [-0.4, -0.2) is 51.3 Å². The molecule has 29 heavy (non-hydrogen) atoms. The molecule has 1 aliphatic rings. The highest BCUT2D eigenvalue weighted by Gasteiger charge is 2.24. The first kappa shape index (κ1) is 21.0. The monoisotopic (exact) mass is 398 g/mol. The second-order valence-corrected chi connectivity index (χ2v) is 7.13. The number of nitrogens with one attached hydrogen (secondary N) is 1. The van der Waals surface area contributed by atoms with Crippen LogP contribution in [0, 0.1) is 0 Å². The molecule has 2 aromatic carbocycles. The van der Waals surface area contributed by atoms with Gasteiger partial charge in [0.25, 0.3) is 5.91 Å². The molecular formula is C23H30N2O4. The third kappa shape index (κ3) is 5.87. The van der Waals surface area contributed by atoms with Crippen molar-refractivity contribution in [2.45, 2.75) is 25.3 Å². The molecule has 3 rings (SSSR count). The van der Waals surface area contributed by atoms with E-state index in [9.17, 15) is 4.79 Å². The zero-order chi connectivity index (χ0) is 20.5. The fourth-order valence-electron chi connectivity index (χ4n) is 3.68. The Kier molecular flexibility index (Phi) is 7.76. The highest BCUT2D eigenvalue weighted by atomic mass is 16.5. The van der Waals surface area contributed by atoms with E-state index in [-0.39, 0.29) is 18.6 Å². The van der Waals surface area contributed by atoms with Crippen molar-refractivity contribution >= 4 is 5.91 Å². The Balaban J connectivity index is 1.66. The Hall–Kier alpha value is -2.73. The van der Waals surface area contributed by atoms with Crippen LogP contribution >= 0.6 is 0 Å². The van der Waals surface area contributed by atoms with Crippen molar-refractivity contribution in [3.63, 3.8) is 0 Å². The van der Waals surface area contributed by atoms with Crippen LogP contribution < -0.4 is 19.5 Å². The number of benzene rings is 2. The number of hydrogen-bond donors (Lipinski definition) is 1. The summed E-state index contributed by atoms with van der Waals surface area (Å²) < 4.78 is 16.4. The third-order valence-electron chi connectivity index (χ3n) is 5.23. The van der Waals surface area contributed by atoms with Crippen LogP contribution in [0.5, 0.6) is 17.2 Å². The maximum absolute atomic E-state index is 12.4. The summed E-state index contributed by atoms with van der Waals surface area (Å²) in [6, 6.07) is 15.4. The number of rotatable bonds is 9. The number of amides is 1. The molecule has 6 heteroatoms. The lowest BCUT2D eigenvalue weighted by molar-refractivity contribution is -0.123. The van der Waals surface area contributed by atoms with Crippen molar-refractivity contribution < 1.29 is 19.0 Å². The molecule has 1 atom stereocenters. The van der Waals surface area contributed by atoms with E-state index in [2.05, 4.69) is 10.2 Å². The van der Waals surface area contributed by atoms with Gasteiger partial charge >= 0.3 is 0 Å². The summed E-state index contributed by atoms with van der Waals surface area (Å²) in [6.07, 6.45) is 3.61. The van der Waals surface area contributed by atoms with Gasteiger partial charge < -0.3 is 19.5 Å². The average Bonchev–Trinajstić information content (AvgIpc) is 2.79. The van der Waals surface area contributed by atoms with Crippen LogP contribution in [0.25, 0.3) is 0 Å². The molecule has 0 bridgehead atoms. The molecule has 1 N–H and O–H groups in total. The Bertz CT molecular complexity index is 776. The molecule has 0 saturated carbocycles. The zero-order valence-electron chi connectivity index (χ0n) is 17.2. The van der Waals surface area contributed by atoms with Crippen LogP contribution in [0.1, 0.15) is 30.9 Å². The third-order valence-corrected chi connectivity index (χ3v) is 5.23. The summed E-state index contributed by atoms with van der Waals surface area (Å²) in [5, 5.41) is 3.04. The lowest BCUT2D eigenvalue weighted by Gasteiger charge is -2.35. The van der Waals surface area contributed by atoms with Gasteiger partial charge in [0.05, 0.1) is 20.3 Å². The van der Waals surface area contributed by atoms with Gasteiger partial charge in [0, 0.05) is 6.54 Å². The smallest absolute Gasteiger partial charge is 0.258 e. The van der Waals surface area contributed by atoms with Gasteiger partial charge in [-0.15, -0.1) is 0 Å². The standard InChI is InChI=1S/C23H30N2O4/c1-27-21-12-11-18(15-22(21)28-2)20(25-13-7-4-8-14-25)16-24-23(26)17-29-19-9-5-3-6-10-19/h3,5-6,9-12,15,20H,4,7-8,13-14,16-17H2,1-2H3,(H,24,26). The van der Waals surface area contributed by atoms with Gasteiger partial charge in [-0.25, -0.2) is 0 Å². The van der Waals surface area contributed by atoms with Crippen molar-refractivity contribution in [2.24, 2.45) is 0 Å². The summed E-state index contributed by atoms with van der Waals surface area (Å²) in [4.78, 5) is 14.8. The predicted molar refractivity (Wildman–Crippen MR) is 113 cm³/mol. The van der Waals surface area contributed by atoms with Crippen LogP contribution in [-0.2, 0) is 4.79 Å². The second kappa shape index (κ2) is 10.7. The van der Waals surface area contributed by atoms with Gasteiger partial charge in [-0.2, -0.15) is 0 Å². The minimum atomic E-state index is -0.128. The van der Waals surface area contributed by atoms with Gasteiger partial charge in [-0.3, -0.25) is 9.69 Å². The molecule has 0 aromatic heterocycles. The summed E-state index contributed by atoms with van der Waals surface area (Å²) >= 11 is 0. The van der Waals surface area contributed by atoms with Crippen molar-refractivity contribution in [2.75, 3.05) is 40.5 Å². The number of likely N-dealkylation sites (tertiary alicyclic amines) is 1. The molecule has 1 amide bonds. The lowest BCUT2D eigenvalue weighted by atomic mass is 10.0. The molecular weight excluding hydrogens is 368 g/mol. The van der Waals surface area contributed by atoms with E-state index >= 15 is 0 Å². The molecule has 1 saturated heterocycles. The zero-order valence-corrected chi connectivity index (χ0v) is 17.2. The van der Waals surface area contributed by atoms with E-state index in [0.717, 1.165) is 18.7 Å². The number of hydrogen-bond acceptors (Lipinski definition) is 5. The fourth-order valence-corrected chi connectivity index (χ4v) is 3.68.